The van der Waals surface area contributed by atoms with Gasteiger partial charge < -0.3 is 20.9 Å². The number of fused-ring (bicyclic) bond motifs is 2. The zero-order chi connectivity index (χ0) is 23.6. The number of hydrogen-bond acceptors (Lipinski definition) is 7. The summed E-state index contributed by atoms with van der Waals surface area (Å²) in [6, 6.07) is 11.6. The van der Waals surface area contributed by atoms with Crippen LogP contribution >= 0.6 is 11.3 Å². The molecule has 1 aliphatic heterocycles. The minimum atomic E-state index is -0.661. The van der Waals surface area contributed by atoms with Gasteiger partial charge in [-0.1, -0.05) is 40.8 Å². The van der Waals surface area contributed by atoms with E-state index >= 15 is 0 Å². The fraction of sp³-hybridized carbons (Fsp3) is 0.250. The molecule has 3 heterocycles. The first kappa shape index (κ1) is 20.8. The van der Waals surface area contributed by atoms with E-state index in [1.807, 2.05) is 17.0 Å². The zero-order valence-corrected chi connectivity index (χ0v) is 18.7. The quantitative estimate of drug-likeness (QED) is 0.452. The molecule has 4 aromatic rings. The van der Waals surface area contributed by atoms with Crippen molar-refractivity contribution >= 4 is 39.3 Å². The number of rotatable bonds is 5. The van der Waals surface area contributed by atoms with Gasteiger partial charge in [-0.05, 0) is 54.5 Å². The molecule has 8 nitrogen and oxygen atoms in total. The van der Waals surface area contributed by atoms with Gasteiger partial charge in [0.1, 0.15) is 11.5 Å². The van der Waals surface area contributed by atoms with Crippen LogP contribution in [0.4, 0.5) is 9.52 Å². The summed E-state index contributed by atoms with van der Waals surface area (Å²) in [5.74, 6) is -0.836. The molecule has 172 valence electrons. The van der Waals surface area contributed by atoms with E-state index in [9.17, 15) is 14.0 Å². The van der Waals surface area contributed by atoms with Gasteiger partial charge in [0.25, 0.3) is 11.8 Å². The lowest BCUT2D eigenvalue weighted by atomic mass is 9.97. The standard InChI is InChI=1S/C24H20FN5O3S/c25-14-5-1-4-12(7-14)21-20(28-24(27)34-21)23(32)30-15(9-13-10-16(13)30)8-11-3-2-6-17-18(11)19(22(26)31)29-33-17/h1-7,13,15-16H,8-10H2,(H2,26,31)(H2,27,28)/t13-,15-,16+/m1/s1. The van der Waals surface area contributed by atoms with Crippen LogP contribution in [0.2, 0.25) is 0 Å². The molecule has 1 saturated carbocycles. The highest BCUT2D eigenvalue weighted by Crippen LogP contribution is 2.50. The van der Waals surface area contributed by atoms with E-state index in [1.54, 1.807) is 18.2 Å². The lowest BCUT2D eigenvalue weighted by molar-refractivity contribution is 0.0695. The fourth-order valence-corrected chi connectivity index (χ4v) is 5.96. The van der Waals surface area contributed by atoms with Gasteiger partial charge in [0.15, 0.2) is 16.4 Å². The average Bonchev–Trinajstić information content (AvgIpc) is 3.14. The van der Waals surface area contributed by atoms with Crippen LogP contribution in [0.1, 0.15) is 39.4 Å². The summed E-state index contributed by atoms with van der Waals surface area (Å²) >= 11 is 1.17. The predicted molar refractivity (Wildman–Crippen MR) is 125 cm³/mol. The Balaban J connectivity index is 1.36. The third-order valence-corrected chi connectivity index (χ3v) is 7.59. The minimum absolute atomic E-state index is 0.0901. The van der Waals surface area contributed by atoms with Crippen molar-refractivity contribution in [3.63, 3.8) is 0 Å². The number of nitrogens with two attached hydrogens (primary N) is 2. The van der Waals surface area contributed by atoms with Crippen molar-refractivity contribution in [3.05, 3.63) is 65.2 Å². The van der Waals surface area contributed by atoms with Gasteiger partial charge in [0.2, 0.25) is 0 Å². The molecule has 2 aliphatic rings. The van der Waals surface area contributed by atoms with Crippen LogP contribution in [-0.2, 0) is 6.42 Å². The van der Waals surface area contributed by atoms with E-state index in [4.69, 9.17) is 16.0 Å². The summed E-state index contributed by atoms with van der Waals surface area (Å²) in [5.41, 5.74) is 13.7. The van der Waals surface area contributed by atoms with Crippen LogP contribution in [0, 0.1) is 11.7 Å². The lowest BCUT2D eigenvalue weighted by Gasteiger charge is -2.28. The molecule has 2 aromatic carbocycles. The maximum Gasteiger partial charge on any atom is 0.274 e. The molecule has 0 unspecified atom stereocenters. The predicted octanol–water partition coefficient (Wildman–Crippen LogP) is 3.62. The SMILES string of the molecule is NC(=O)c1noc2cccc(C[C@@H]3C[C@@H]4C[C@@H]4N3C(=O)c3nc(N)sc3-c3cccc(F)c3)c12. The first-order valence-electron chi connectivity index (χ1n) is 10.9. The molecule has 2 fully saturated rings. The summed E-state index contributed by atoms with van der Waals surface area (Å²) in [6.07, 6.45) is 2.31. The number of nitrogens with zero attached hydrogens (tertiary/aromatic N) is 3. The monoisotopic (exact) mass is 477 g/mol. The molecule has 1 saturated heterocycles. The van der Waals surface area contributed by atoms with Gasteiger partial charge in [-0.15, -0.1) is 0 Å². The van der Waals surface area contributed by atoms with Crippen LogP contribution < -0.4 is 11.5 Å². The fourth-order valence-electron chi connectivity index (χ4n) is 5.14. The summed E-state index contributed by atoms with van der Waals surface area (Å²) in [7, 11) is 0. The number of aromatic nitrogens is 2. The van der Waals surface area contributed by atoms with Gasteiger partial charge in [0.05, 0.1) is 10.3 Å². The average molecular weight is 478 g/mol. The first-order chi connectivity index (χ1) is 16.4. The Morgan fingerprint density at radius 2 is 2.00 bits per heavy atom. The van der Waals surface area contributed by atoms with Gasteiger partial charge in [0, 0.05) is 12.1 Å². The number of hydrogen-bond donors (Lipinski definition) is 2. The normalized spacial score (nSPS) is 21.1. The van der Waals surface area contributed by atoms with Crippen molar-refractivity contribution < 1.29 is 18.5 Å². The van der Waals surface area contributed by atoms with Crippen molar-refractivity contribution in [3.8, 4) is 10.4 Å². The Morgan fingerprint density at radius 3 is 2.79 bits per heavy atom. The number of thiazole rings is 1. The van der Waals surface area contributed by atoms with Gasteiger partial charge in [-0.25, -0.2) is 9.37 Å². The van der Waals surface area contributed by atoms with Crippen LogP contribution in [0.25, 0.3) is 21.4 Å². The maximum absolute atomic E-state index is 13.9. The van der Waals surface area contributed by atoms with E-state index in [0.717, 1.165) is 18.4 Å². The molecule has 1 aliphatic carbocycles. The molecule has 3 atom stereocenters. The number of carbonyl (C=O) groups excluding carboxylic acids is 2. The van der Waals surface area contributed by atoms with E-state index < -0.39 is 11.7 Å². The van der Waals surface area contributed by atoms with Crippen LogP contribution in [0.3, 0.4) is 0 Å². The van der Waals surface area contributed by atoms with Crippen LogP contribution in [0.15, 0.2) is 47.0 Å². The summed E-state index contributed by atoms with van der Waals surface area (Å²) in [5, 5.41) is 4.67. The number of nitrogen functional groups attached to an aromatic ring is 1. The third-order valence-electron chi connectivity index (χ3n) is 6.65. The molecular weight excluding hydrogens is 457 g/mol. The van der Waals surface area contributed by atoms with Crippen molar-refractivity contribution in [2.75, 3.05) is 5.73 Å². The maximum atomic E-state index is 13.9. The van der Waals surface area contributed by atoms with Crippen molar-refractivity contribution in [1.29, 1.82) is 0 Å². The summed E-state index contributed by atoms with van der Waals surface area (Å²) in [6.45, 7) is 0. The van der Waals surface area contributed by atoms with Crippen molar-refractivity contribution in [1.82, 2.24) is 15.0 Å². The van der Waals surface area contributed by atoms with Crippen LogP contribution in [0.5, 0.6) is 0 Å². The Bertz CT molecular complexity index is 1460. The molecule has 0 spiro atoms. The second kappa shape index (κ2) is 7.63. The van der Waals surface area contributed by atoms with Crippen molar-refractivity contribution in [2.45, 2.75) is 31.3 Å². The second-order valence-electron chi connectivity index (χ2n) is 8.80. The molecule has 0 radical (unpaired) electrons. The van der Waals surface area contributed by atoms with E-state index in [-0.39, 0.29) is 34.5 Å². The van der Waals surface area contributed by atoms with E-state index in [1.165, 1.54) is 23.5 Å². The Labute approximate surface area is 197 Å². The van der Waals surface area contributed by atoms with E-state index in [2.05, 4.69) is 10.1 Å². The molecule has 10 heteroatoms. The van der Waals surface area contributed by atoms with E-state index in [0.29, 0.717) is 33.7 Å². The van der Waals surface area contributed by atoms with Crippen molar-refractivity contribution in [2.24, 2.45) is 11.7 Å². The van der Waals surface area contributed by atoms with Gasteiger partial charge in [-0.3, -0.25) is 9.59 Å². The molecular formula is C24H20FN5O3S. The van der Waals surface area contributed by atoms with Gasteiger partial charge >= 0.3 is 0 Å². The highest BCUT2D eigenvalue weighted by molar-refractivity contribution is 7.19. The number of likely N-dealkylation sites (tertiary alicyclic amines) is 1. The number of primary amides is 1. The van der Waals surface area contributed by atoms with Gasteiger partial charge in [-0.2, -0.15) is 0 Å². The largest absolute Gasteiger partial charge is 0.375 e. The lowest BCUT2D eigenvalue weighted by Crippen LogP contribution is -2.40. The number of amides is 2. The Hall–Kier alpha value is -3.79. The molecule has 34 heavy (non-hydrogen) atoms. The second-order valence-corrected chi connectivity index (χ2v) is 9.83. The molecule has 2 aromatic heterocycles. The Kier molecular flexibility index (Phi) is 4.66. The smallest absolute Gasteiger partial charge is 0.274 e. The molecule has 6 rings (SSSR count). The number of carbonyl (C=O) groups is 2. The molecule has 2 amide bonds. The first-order valence-corrected chi connectivity index (χ1v) is 11.7. The number of benzene rings is 2. The topological polar surface area (TPSA) is 128 Å². The summed E-state index contributed by atoms with van der Waals surface area (Å²) in [4.78, 5) is 32.4. The molecule has 0 bridgehead atoms. The number of halogens is 1. The Morgan fingerprint density at radius 1 is 1.18 bits per heavy atom. The molecule has 4 N–H and O–H groups in total. The highest BCUT2D eigenvalue weighted by Gasteiger charge is 2.54. The summed E-state index contributed by atoms with van der Waals surface area (Å²) < 4.78 is 19.2. The number of anilines is 1. The highest BCUT2D eigenvalue weighted by atomic mass is 32.1. The zero-order valence-electron chi connectivity index (χ0n) is 17.9. The third kappa shape index (κ3) is 3.33. The number of piperidine rings is 1. The van der Waals surface area contributed by atoms with Crippen LogP contribution in [-0.4, -0.2) is 38.9 Å². The minimum Gasteiger partial charge on any atom is -0.375 e.